The van der Waals surface area contributed by atoms with Crippen molar-refractivity contribution in [3.05, 3.63) is 34.9 Å². The van der Waals surface area contributed by atoms with Crippen molar-refractivity contribution < 1.29 is 13.2 Å². The summed E-state index contributed by atoms with van der Waals surface area (Å²) in [4.78, 5) is 0. The summed E-state index contributed by atoms with van der Waals surface area (Å²) in [7, 11) is 0. The summed E-state index contributed by atoms with van der Waals surface area (Å²) in [5.41, 5.74) is 0.0265. The molecule has 0 amide bonds. The molecule has 0 aliphatic carbocycles. The molecule has 0 fully saturated rings. The molecule has 1 aromatic carbocycles. The van der Waals surface area contributed by atoms with Crippen molar-refractivity contribution in [2.75, 3.05) is 0 Å². The third kappa shape index (κ3) is 2.72. The Morgan fingerprint density at radius 2 is 2.00 bits per heavy atom. The molecular weight excluding hydrogens is 203 g/mol. The minimum Gasteiger partial charge on any atom is -0.192 e. The highest BCUT2D eigenvalue weighted by Gasteiger charge is 2.30. The average molecular weight is 213 g/mol. The van der Waals surface area contributed by atoms with Gasteiger partial charge in [0.25, 0.3) is 0 Å². The van der Waals surface area contributed by atoms with Gasteiger partial charge in [0.15, 0.2) is 0 Å². The normalized spacial score (nSPS) is 11.1. The number of rotatable bonds is 2. The van der Waals surface area contributed by atoms with Gasteiger partial charge in [-0.3, -0.25) is 0 Å². The van der Waals surface area contributed by atoms with E-state index in [0.717, 1.165) is 18.6 Å². The molecule has 0 spiro atoms. The van der Waals surface area contributed by atoms with Crippen LogP contribution < -0.4 is 0 Å². The van der Waals surface area contributed by atoms with Gasteiger partial charge in [0, 0.05) is 0 Å². The van der Waals surface area contributed by atoms with E-state index in [9.17, 15) is 13.2 Å². The Hall–Kier alpha value is -1.50. The Morgan fingerprint density at radius 1 is 1.33 bits per heavy atom. The maximum atomic E-state index is 12.3. The van der Waals surface area contributed by atoms with Gasteiger partial charge < -0.3 is 0 Å². The number of hydrogen-bond donors (Lipinski definition) is 0. The topological polar surface area (TPSA) is 23.8 Å². The first-order chi connectivity index (χ1) is 6.99. The third-order valence-electron chi connectivity index (χ3n) is 2.08. The van der Waals surface area contributed by atoms with Crippen LogP contribution in [-0.4, -0.2) is 0 Å². The predicted molar refractivity (Wildman–Crippen MR) is 50.2 cm³/mol. The summed E-state index contributed by atoms with van der Waals surface area (Å²) in [6.45, 7) is 1.92. The van der Waals surface area contributed by atoms with Crippen molar-refractivity contribution in [1.82, 2.24) is 0 Å². The Labute approximate surface area is 86.1 Å². The molecule has 80 valence electrons. The van der Waals surface area contributed by atoms with E-state index >= 15 is 0 Å². The van der Waals surface area contributed by atoms with Gasteiger partial charge in [0.1, 0.15) is 0 Å². The maximum absolute atomic E-state index is 12.3. The van der Waals surface area contributed by atoms with Crippen LogP contribution in [0.2, 0.25) is 0 Å². The van der Waals surface area contributed by atoms with Gasteiger partial charge in [-0.15, -0.1) is 0 Å². The molecule has 0 heterocycles. The summed E-state index contributed by atoms with van der Waals surface area (Å²) in [6.07, 6.45) is -2.95. The molecule has 0 radical (unpaired) electrons. The number of nitriles is 1. The van der Waals surface area contributed by atoms with Crippen molar-refractivity contribution in [2.45, 2.75) is 25.9 Å². The van der Waals surface area contributed by atoms with Crippen molar-refractivity contribution in [3.63, 3.8) is 0 Å². The van der Waals surface area contributed by atoms with Crippen LogP contribution in [0.3, 0.4) is 0 Å². The fraction of sp³-hybridized carbons (Fsp3) is 0.364. The number of alkyl halides is 3. The summed E-state index contributed by atoms with van der Waals surface area (Å²) in [5, 5.41) is 8.72. The summed E-state index contributed by atoms with van der Waals surface area (Å²) >= 11 is 0. The lowest BCUT2D eigenvalue weighted by atomic mass is 10.0. The first kappa shape index (κ1) is 11.6. The van der Waals surface area contributed by atoms with E-state index in [1.807, 2.05) is 6.92 Å². The van der Waals surface area contributed by atoms with E-state index < -0.39 is 11.7 Å². The minimum absolute atomic E-state index is 0.117. The second kappa shape index (κ2) is 4.35. The molecule has 4 heteroatoms. The average Bonchev–Trinajstić information content (AvgIpc) is 2.17. The molecule has 0 aromatic heterocycles. The van der Waals surface area contributed by atoms with Gasteiger partial charge in [-0.1, -0.05) is 19.4 Å². The number of benzene rings is 1. The van der Waals surface area contributed by atoms with Crippen molar-refractivity contribution in [2.24, 2.45) is 0 Å². The van der Waals surface area contributed by atoms with E-state index in [-0.39, 0.29) is 5.56 Å². The second-order valence-corrected chi connectivity index (χ2v) is 3.23. The van der Waals surface area contributed by atoms with E-state index in [1.54, 1.807) is 6.07 Å². The lowest BCUT2D eigenvalue weighted by molar-refractivity contribution is -0.137. The zero-order valence-corrected chi connectivity index (χ0v) is 8.23. The predicted octanol–water partition coefficient (Wildman–Crippen LogP) is 3.53. The summed E-state index contributed by atoms with van der Waals surface area (Å²) < 4.78 is 36.9. The molecule has 0 unspecified atom stereocenters. The summed E-state index contributed by atoms with van der Waals surface area (Å²) in [5.74, 6) is 0. The van der Waals surface area contributed by atoms with Crippen LogP contribution in [0.25, 0.3) is 0 Å². The molecule has 1 rings (SSSR count). The van der Waals surface area contributed by atoms with Crippen LogP contribution >= 0.6 is 0 Å². The molecule has 0 aliphatic heterocycles. The zero-order chi connectivity index (χ0) is 11.5. The fourth-order valence-corrected chi connectivity index (χ4v) is 1.34. The largest absolute Gasteiger partial charge is 0.416 e. The standard InChI is InChI=1S/C11H10F3N/c1-2-3-8-4-5-10(11(12,13)14)6-9(8)7-15/h4-6H,2-3H2,1H3. The van der Waals surface area contributed by atoms with Crippen LogP contribution in [-0.2, 0) is 12.6 Å². The Bertz CT molecular complexity index is 388. The van der Waals surface area contributed by atoms with Gasteiger partial charge in [0.05, 0.1) is 17.2 Å². The number of aryl methyl sites for hydroxylation is 1. The minimum atomic E-state index is -4.38. The van der Waals surface area contributed by atoms with Crippen molar-refractivity contribution in [3.8, 4) is 6.07 Å². The number of halogens is 3. The van der Waals surface area contributed by atoms with Gasteiger partial charge in [-0.05, 0) is 24.1 Å². The zero-order valence-electron chi connectivity index (χ0n) is 8.23. The lowest BCUT2D eigenvalue weighted by Crippen LogP contribution is -2.06. The molecule has 0 bridgehead atoms. The Morgan fingerprint density at radius 3 is 2.47 bits per heavy atom. The first-order valence-corrected chi connectivity index (χ1v) is 4.59. The van der Waals surface area contributed by atoms with Crippen molar-refractivity contribution >= 4 is 0 Å². The molecule has 1 aromatic rings. The molecule has 0 atom stereocenters. The lowest BCUT2D eigenvalue weighted by Gasteiger charge is -2.08. The highest BCUT2D eigenvalue weighted by Crippen LogP contribution is 2.30. The van der Waals surface area contributed by atoms with Crippen LogP contribution in [0, 0.1) is 11.3 Å². The molecule has 15 heavy (non-hydrogen) atoms. The van der Waals surface area contributed by atoms with E-state index in [4.69, 9.17) is 5.26 Å². The number of nitrogens with zero attached hydrogens (tertiary/aromatic N) is 1. The molecule has 0 saturated carbocycles. The number of hydrogen-bond acceptors (Lipinski definition) is 1. The van der Waals surface area contributed by atoms with Gasteiger partial charge in [-0.2, -0.15) is 18.4 Å². The SMILES string of the molecule is CCCc1ccc(C(F)(F)F)cc1C#N. The first-order valence-electron chi connectivity index (χ1n) is 4.59. The fourth-order valence-electron chi connectivity index (χ4n) is 1.34. The van der Waals surface area contributed by atoms with Crippen molar-refractivity contribution in [1.29, 1.82) is 5.26 Å². The summed E-state index contributed by atoms with van der Waals surface area (Å²) in [6, 6.07) is 5.10. The Kier molecular flexibility index (Phi) is 3.35. The van der Waals surface area contributed by atoms with E-state index in [2.05, 4.69) is 0 Å². The van der Waals surface area contributed by atoms with E-state index in [1.165, 1.54) is 6.07 Å². The second-order valence-electron chi connectivity index (χ2n) is 3.23. The third-order valence-corrected chi connectivity index (χ3v) is 2.08. The quantitative estimate of drug-likeness (QED) is 0.737. The molecule has 0 saturated heterocycles. The van der Waals surface area contributed by atoms with Crippen LogP contribution in [0.1, 0.15) is 30.0 Å². The molecule has 0 aliphatic rings. The monoisotopic (exact) mass is 213 g/mol. The highest BCUT2D eigenvalue weighted by atomic mass is 19.4. The molecule has 1 nitrogen and oxygen atoms in total. The van der Waals surface area contributed by atoms with Crippen LogP contribution in [0.15, 0.2) is 18.2 Å². The molecule has 0 N–H and O–H groups in total. The smallest absolute Gasteiger partial charge is 0.192 e. The van der Waals surface area contributed by atoms with Gasteiger partial charge >= 0.3 is 6.18 Å². The highest BCUT2D eigenvalue weighted by molar-refractivity contribution is 5.41. The van der Waals surface area contributed by atoms with Crippen LogP contribution in [0.5, 0.6) is 0 Å². The maximum Gasteiger partial charge on any atom is 0.416 e. The van der Waals surface area contributed by atoms with Gasteiger partial charge in [0.2, 0.25) is 0 Å². The van der Waals surface area contributed by atoms with Gasteiger partial charge in [-0.25, -0.2) is 0 Å². The Balaban J connectivity index is 3.15. The molecular formula is C11H10F3N. The van der Waals surface area contributed by atoms with E-state index in [0.29, 0.717) is 12.0 Å². The van der Waals surface area contributed by atoms with Crippen LogP contribution in [0.4, 0.5) is 13.2 Å².